The van der Waals surface area contributed by atoms with E-state index < -0.39 is 0 Å². The van der Waals surface area contributed by atoms with Gasteiger partial charge in [-0.1, -0.05) is 5.21 Å². The van der Waals surface area contributed by atoms with Crippen molar-refractivity contribution in [1.29, 1.82) is 0 Å². The molecule has 1 N–H and O–H groups in total. The monoisotopic (exact) mass is 265 g/mol. The summed E-state index contributed by atoms with van der Waals surface area (Å²) in [5.74, 6) is 0.237. The van der Waals surface area contributed by atoms with Crippen LogP contribution in [0.1, 0.15) is 32.6 Å². The predicted octanol–water partition coefficient (Wildman–Crippen LogP) is 0.659. The summed E-state index contributed by atoms with van der Waals surface area (Å²) in [4.78, 5) is 14.1. The number of aryl methyl sites for hydroxylation is 1. The lowest BCUT2D eigenvalue weighted by atomic mass is 10.1. The van der Waals surface area contributed by atoms with E-state index in [0.717, 1.165) is 45.4 Å². The van der Waals surface area contributed by atoms with Crippen molar-refractivity contribution in [2.45, 2.75) is 45.2 Å². The number of carbonyl (C=O) groups is 1. The van der Waals surface area contributed by atoms with Crippen molar-refractivity contribution in [3.8, 4) is 0 Å². The fourth-order valence-electron chi connectivity index (χ4n) is 2.39. The molecule has 6 nitrogen and oxygen atoms in total. The van der Waals surface area contributed by atoms with Crippen molar-refractivity contribution in [3.05, 3.63) is 12.4 Å². The standard InChI is InChI=1S/C13H23N5O/c1-12(13(19)17-8-3-2-4-9-17)14-6-5-10-18-11-7-15-16-18/h7,11-12,14H,2-6,8-10H2,1H3. The Morgan fingerprint density at radius 2 is 2.16 bits per heavy atom. The second kappa shape index (κ2) is 7.23. The Balaban J connectivity index is 1.63. The molecule has 19 heavy (non-hydrogen) atoms. The van der Waals surface area contributed by atoms with Gasteiger partial charge in [-0.3, -0.25) is 9.48 Å². The number of nitrogens with zero attached hydrogens (tertiary/aromatic N) is 4. The lowest BCUT2D eigenvalue weighted by Gasteiger charge is -2.29. The van der Waals surface area contributed by atoms with Crippen LogP contribution in [0.3, 0.4) is 0 Å². The van der Waals surface area contributed by atoms with Gasteiger partial charge in [-0.15, -0.1) is 5.10 Å². The van der Waals surface area contributed by atoms with Crippen LogP contribution in [0.15, 0.2) is 12.4 Å². The van der Waals surface area contributed by atoms with Crippen LogP contribution in [0, 0.1) is 0 Å². The third kappa shape index (κ3) is 4.31. The second-order valence-corrected chi connectivity index (χ2v) is 5.08. The number of likely N-dealkylation sites (tertiary alicyclic amines) is 1. The first kappa shape index (κ1) is 14.0. The molecule has 2 rings (SSSR count). The molecule has 6 heteroatoms. The van der Waals surface area contributed by atoms with Crippen molar-refractivity contribution in [2.75, 3.05) is 19.6 Å². The first-order valence-electron chi connectivity index (χ1n) is 7.13. The van der Waals surface area contributed by atoms with Crippen molar-refractivity contribution < 1.29 is 4.79 Å². The smallest absolute Gasteiger partial charge is 0.239 e. The van der Waals surface area contributed by atoms with Crippen LogP contribution in [0.2, 0.25) is 0 Å². The van der Waals surface area contributed by atoms with Gasteiger partial charge in [-0.2, -0.15) is 0 Å². The molecule has 0 bridgehead atoms. The van der Waals surface area contributed by atoms with E-state index in [-0.39, 0.29) is 11.9 Å². The molecule has 1 unspecified atom stereocenters. The van der Waals surface area contributed by atoms with Gasteiger partial charge in [0.2, 0.25) is 5.91 Å². The summed E-state index contributed by atoms with van der Waals surface area (Å²) in [6.45, 7) is 5.44. The van der Waals surface area contributed by atoms with Crippen molar-refractivity contribution in [3.63, 3.8) is 0 Å². The third-order valence-corrected chi connectivity index (χ3v) is 3.52. The first-order chi connectivity index (χ1) is 9.27. The van der Waals surface area contributed by atoms with E-state index in [4.69, 9.17) is 0 Å². The molecule has 1 saturated heterocycles. The molecule has 0 aromatic carbocycles. The van der Waals surface area contributed by atoms with Crippen LogP contribution in [0.5, 0.6) is 0 Å². The quantitative estimate of drug-likeness (QED) is 0.768. The zero-order valence-electron chi connectivity index (χ0n) is 11.6. The Morgan fingerprint density at radius 1 is 1.37 bits per heavy atom. The zero-order chi connectivity index (χ0) is 13.5. The molecule has 1 amide bonds. The highest BCUT2D eigenvalue weighted by molar-refractivity contribution is 5.81. The summed E-state index contributed by atoms with van der Waals surface area (Å²) in [5, 5.41) is 11.0. The summed E-state index contributed by atoms with van der Waals surface area (Å²) in [7, 11) is 0. The summed E-state index contributed by atoms with van der Waals surface area (Å²) in [6, 6.07) is -0.0890. The van der Waals surface area contributed by atoms with Gasteiger partial charge >= 0.3 is 0 Å². The van der Waals surface area contributed by atoms with E-state index in [1.54, 1.807) is 10.9 Å². The van der Waals surface area contributed by atoms with Crippen LogP contribution < -0.4 is 5.32 Å². The molecule has 1 aliphatic rings. The highest BCUT2D eigenvalue weighted by Gasteiger charge is 2.21. The maximum absolute atomic E-state index is 12.2. The minimum atomic E-state index is -0.0890. The number of rotatable bonds is 6. The maximum atomic E-state index is 12.2. The van der Waals surface area contributed by atoms with Gasteiger partial charge in [0.05, 0.1) is 12.2 Å². The summed E-state index contributed by atoms with van der Waals surface area (Å²) >= 11 is 0. The van der Waals surface area contributed by atoms with Crippen LogP contribution >= 0.6 is 0 Å². The average Bonchev–Trinajstić information content (AvgIpc) is 2.96. The summed E-state index contributed by atoms with van der Waals surface area (Å²) in [5.41, 5.74) is 0. The van der Waals surface area contributed by atoms with Crippen molar-refractivity contribution in [2.24, 2.45) is 0 Å². The second-order valence-electron chi connectivity index (χ2n) is 5.08. The summed E-state index contributed by atoms with van der Waals surface area (Å²) in [6.07, 6.45) is 8.01. The lowest BCUT2D eigenvalue weighted by molar-refractivity contribution is -0.133. The molecule has 1 aliphatic heterocycles. The predicted molar refractivity (Wildman–Crippen MR) is 72.5 cm³/mol. The minimum Gasteiger partial charge on any atom is -0.341 e. The average molecular weight is 265 g/mol. The molecule has 0 saturated carbocycles. The van der Waals surface area contributed by atoms with Crippen LogP contribution in [-0.2, 0) is 11.3 Å². The van der Waals surface area contributed by atoms with Gasteiger partial charge in [0, 0.05) is 25.8 Å². The highest BCUT2D eigenvalue weighted by atomic mass is 16.2. The van der Waals surface area contributed by atoms with E-state index in [1.165, 1.54) is 6.42 Å². The number of hydrogen-bond acceptors (Lipinski definition) is 4. The Labute approximate surface area is 114 Å². The number of nitrogens with one attached hydrogen (secondary N) is 1. The Bertz CT molecular complexity index is 372. The van der Waals surface area contributed by atoms with Crippen molar-refractivity contribution in [1.82, 2.24) is 25.2 Å². The molecule has 1 aromatic heterocycles. The van der Waals surface area contributed by atoms with E-state index in [0.29, 0.717) is 0 Å². The number of amides is 1. The normalized spacial score (nSPS) is 17.4. The van der Waals surface area contributed by atoms with Crippen LogP contribution in [0.25, 0.3) is 0 Å². The number of hydrogen-bond donors (Lipinski definition) is 1. The molecular formula is C13H23N5O. The van der Waals surface area contributed by atoms with Gasteiger partial charge in [-0.25, -0.2) is 0 Å². The van der Waals surface area contributed by atoms with E-state index in [2.05, 4.69) is 15.6 Å². The third-order valence-electron chi connectivity index (χ3n) is 3.52. The lowest BCUT2D eigenvalue weighted by Crippen LogP contribution is -2.47. The molecule has 1 atom stereocenters. The zero-order valence-corrected chi connectivity index (χ0v) is 11.6. The molecule has 0 spiro atoms. The van der Waals surface area contributed by atoms with Gasteiger partial charge in [0.1, 0.15) is 0 Å². The van der Waals surface area contributed by atoms with Crippen LogP contribution in [0.4, 0.5) is 0 Å². The number of piperidine rings is 1. The van der Waals surface area contributed by atoms with Gasteiger partial charge < -0.3 is 10.2 Å². The SMILES string of the molecule is CC(NCCCn1ccnn1)C(=O)N1CCCCC1. The van der Waals surface area contributed by atoms with E-state index in [9.17, 15) is 4.79 Å². The largest absolute Gasteiger partial charge is 0.341 e. The molecule has 106 valence electrons. The number of carbonyl (C=O) groups excluding carboxylic acids is 1. The Hall–Kier alpha value is -1.43. The highest BCUT2D eigenvalue weighted by Crippen LogP contribution is 2.09. The van der Waals surface area contributed by atoms with Gasteiger partial charge in [0.15, 0.2) is 0 Å². The molecule has 1 fully saturated rings. The molecular weight excluding hydrogens is 242 g/mol. The first-order valence-corrected chi connectivity index (χ1v) is 7.13. The molecule has 0 radical (unpaired) electrons. The Kier molecular flexibility index (Phi) is 5.32. The molecule has 0 aliphatic carbocycles. The summed E-state index contributed by atoms with van der Waals surface area (Å²) < 4.78 is 1.80. The number of aromatic nitrogens is 3. The van der Waals surface area contributed by atoms with Crippen LogP contribution in [-0.4, -0.2) is 51.5 Å². The molecule has 2 heterocycles. The topological polar surface area (TPSA) is 63.1 Å². The Morgan fingerprint density at radius 3 is 2.84 bits per heavy atom. The van der Waals surface area contributed by atoms with Gasteiger partial charge in [-0.05, 0) is 39.2 Å². The fraction of sp³-hybridized carbons (Fsp3) is 0.769. The molecule has 1 aromatic rings. The maximum Gasteiger partial charge on any atom is 0.239 e. The van der Waals surface area contributed by atoms with Crippen molar-refractivity contribution >= 4 is 5.91 Å². The minimum absolute atomic E-state index is 0.0890. The van der Waals surface area contributed by atoms with E-state index in [1.807, 2.05) is 18.0 Å². The van der Waals surface area contributed by atoms with E-state index >= 15 is 0 Å². The van der Waals surface area contributed by atoms with Gasteiger partial charge in [0.25, 0.3) is 0 Å². The fourth-order valence-corrected chi connectivity index (χ4v) is 2.39.